The average Bonchev–Trinajstić information content (AvgIpc) is 3.14. The Balaban J connectivity index is 1.97. The van der Waals surface area contributed by atoms with Crippen molar-refractivity contribution in [1.29, 1.82) is 0 Å². The number of hydrogen-bond acceptors (Lipinski definition) is 6. The van der Waals surface area contributed by atoms with E-state index in [0.717, 1.165) is 15.3 Å². The number of amides is 2. The Hall–Kier alpha value is -2.52. The highest BCUT2D eigenvalue weighted by Gasteiger charge is 2.15. The minimum atomic E-state index is -0.641. The summed E-state index contributed by atoms with van der Waals surface area (Å²) < 4.78 is 1.23. The van der Waals surface area contributed by atoms with Gasteiger partial charge in [0.15, 0.2) is 0 Å². The molecule has 7 nitrogen and oxygen atoms in total. The second-order valence-corrected chi connectivity index (χ2v) is 7.31. The lowest BCUT2D eigenvalue weighted by Gasteiger charge is -2.06. The van der Waals surface area contributed by atoms with Crippen LogP contribution in [-0.4, -0.2) is 27.9 Å². The van der Waals surface area contributed by atoms with Gasteiger partial charge in [-0.25, -0.2) is 4.98 Å². The Labute approximate surface area is 144 Å². The van der Waals surface area contributed by atoms with E-state index in [1.807, 2.05) is 24.4 Å². The first-order valence-corrected chi connectivity index (χ1v) is 8.74. The van der Waals surface area contributed by atoms with E-state index < -0.39 is 11.8 Å². The summed E-state index contributed by atoms with van der Waals surface area (Å²) in [6.07, 6.45) is 1.34. The van der Waals surface area contributed by atoms with Crippen LogP contribution in [0.15, 0.2) is 28.6 Å². The van der Waals surface area contributed by atoms with Gasteiger partial charge in [0.05, 0.1) is 18.3 Å². The molecule has 3 N–H and O–H groups in total. The van der Waals surface area contributed by atoms with Crippen molar-refractivity contribution >= 4 is 44.7 Å². The highest BCUT2D eigenvalue weighted by atomic mass is 32.1. The Morgan fingerprint density at radius 2 is 2.17 bits per heavy atom. The van der Waals surface area contributed by atoms with Crippen molar-refractivity contribution in [1.82, 2.24) is 14.9 Å². The fourth-order valence-electron chi connectivity index (χ4n) is 2.24. The van der Waals surface area contributed by atoms with Gasteiger partial charge in [-0.1, -0.05) is 0 Å². The van der Waals surface area contributed by atoms with Crippen LogP contribution in [0.4, 0.5) is 0 Å². The molecular weight excluding hydrogens is 348 g/mol. The topological polar surface area (TPSA) is 107 Å². The van der Waals surface area contributed by atoms with Gasteiger partial charge in [-0.2, -0.15) is 0 Å². The summed E-state index contributed by atoms with van der Waals surface area (Å²) in [5.41, 5.74) is 5.53. The van der Waals surface area contributed by atoms with E-state index in [4.69, 9.17) is 5.73 Å². The van der Waals surface area contributed by atoms with E-state index in [1.165, 1.54) is 22.2 Å². The summed E-state index contributed by atoms with van der Waals surface area (Å²) in [6.45, 7) is 1.53. The third kappa shape index (κ3) is 3.22. The van der Waals surface area contributed by atoms with Gasteiger partial charge in [-0.15, -0.1) is 22.7 Å². The van der Waals surface area contributed by atoms with Crippen molar-refractivity contribution in [3.05, 3.63) is 39.1 Å². The van der Waals surface area contributed by atoms with Crippen molar-refractivity contribution in [2.45, 2.75) is 13.5 Å². The van der Waals surface area contributed by atoms with Crippen LogP contribution in [0.25, 0.3) is 20.7 Å². The molecule has 0 atom stereocenters. The van der Waals surface area contributed by atoms with Gasteiger partial charge >= 0.3 is 0 Å². The fraction of sp³-hybridized carbons (Fsp3) is 0.200. The number of primary amides is 1. The van der Waals surface area contributed by atoms with Gasteiger partial charge in [0.2, 0.25) is 11.8 Å². The molecule has 0 radical (unpaired) electrons. The van der Waals surface area contributed by atoms with Crippen LogP contribution in [-0.2, 0) is 16.1 Å². The molecule has 0 aliphatic carbocycles. The number of aryl methyl sites for hydroxylation is 1. The van der Waals surface area contributed by atoms with Gasteiger partial charge in [0.25, 0.3) is 5.56 Å². The van der Waals surface area contributed by atoms with Crippen molar-refractivity contribution in [3.8, 4) is 10.4 Å². The third-order valence-corrected chi connectivity index (χ3v) is 5.26. The lowest BCUT2D eigenvalue weighted by molar-refractivity contribution is -0.125. The summed E-state index contributed by atoms with van der Waals surface area (Å²) in [6, 6.07) is 3.97. The van der Waals surface area contributed by atoms with Crippen LogP contribution in [0, 0.1) is 6.92 Å². The second kappa shape index (κ2) is 6.54. The molecule has 0 spiro atoms. The minimum absolute atomic E-state index is 0.214. The maximum absolute atomic E-state index is 12.7. The maximum Gasteiger partial charge on any atom is 0.263 e. The molecule has 0 saturated carbocycles. The summed E-state index contributed by atoms with van der Waals surface area (Å²) in [5, 5.41) is 4.76. The Kier molecular flexibility index (Phi) is 4.45. The van der Waals surface area contributed by atoms with Gasteiger partial charge in [0.1, 0.15) is 11.4 Å². The molecule has 2 amide bonds. The molecule has 0 aromatic carbocycles. The molecule has 3 aromatic heterocycles. The van der Waals surface area contributed by atoms with Crippen LogP contribution >= 0.6 is 22.7 Å². The standard InChI is InChI=1S/C15H14N4O3S2/c1-8-2-3-10(24-8)9-6-23-14-13(9)15(22)19(7-18-14)5-12(21)17-4-11(16)20/h2-3,6-7H,4-5H2,1H3,(H2,16,20)(H,17,21). The minimum Gasteiger partial charge on any atom is -0.368 e. The number of aromatic nitrogens is 2. The lowest BCUT2D eigenvalue weighted by Crippen LogP contribution is -2.37. The van der Waals surface area contributed by atoms with Crippen LogP contribution < -0.4 is 16.6 Å². The van der Waals surface area contributed by atoms with E-state index in [-0.39, 0.29) is 18.6 Å². The largest absolute Gasteiger partial charge is 0.368 e. The Bertz CT molecular complexity index is 986. The summed E-state index contributed by atoms with van der Waals surface area (Å²) in [5.74, 6) is -1.11. The number of fused-ring (bicyclic) bond motifs is 1. The summed E-state index contributed by atoms with van der Waals surface area (Å²) in [4.78, 5) is 42.3. The number of carbonyl (C=O) groups is 2. The van der Waals surface area contributed by atoms with Crippen molar-refractivity contribution < 1.29 is 9.59 Å². The molecule has 24 heavy (non-hydrogen) atoms. The molecule has 0 aliphatic heterocycles. The predicted octanol–water partition coefficient (Wildman–Crippen LogP) is 1.10. The zero-order chi connectivity index (χ0) is 17.3. The molecule has 0 fully saturated rings. The highest BCUT2D eigenvalue weighted by molar-refractivity contribution is 7.19. The first-order valence-electron chi connectivity index (χ1n) is 7.04. The summed E-state index contributed by atoms with van der Waals surface area (Å²) in [7, 11) is 0. The van der Waals surface area contributed by atoms with Crippen LogP contribution in [0.2, 0.25) is 0 Å². The number of rotatable bonds is 5. The monoisotopic (exact) mass is 362 g/mol. The molecule has 9 heteroatoms. The van der Waals surface area contributed by atoms with E-state index in [9.17, 15) is 14.4 Å². The number of carbonyl (C=O) groups excluding carboxylic acids is 2. The van der Waals surface area contributed by atoms with E-state index >= 15 is 0 Å². The summed E-state index contributed by atoms with van der Waals surface area (Å²) >= 11 is 2.99. The smallest absolute Gasteiger partial charge is 0.263 e. The molecule has 3 rings (SSSR count). The van der Waals surface area contributed by atoms with Gasteiger partial charge in [-0.3, -0.25) is 19.0 Å². The Morgan fingerprint density at radius 1 is 1.38 bits per heavy atom. The van der Waals surface area contributed by atoms with Gasteiger partial charge in [-0.05, 0) is 19.1 Å². The fourth-order valence-corrected chi connectivity index (χ4v) is 4.10. The number of nitrogens with one attached hydrogen (secondary N) is 1. The van der Waals surface area contributed by atoms with Crippen LogP contribution in [0.1, 0.15) is 4.88 Å². The SMILES string of the molecule is Cc1ccc(-c2csc3ncn(CC(=O)NCC(N)=O)c(=O)c23)s1. The molecule has 124 valence electrons. The normalized spacial score (nSPS) is 10.9. The van der Waals surface area contributed by atoms with Crippen molar-refractivity contribution in [3.63, 3.8) is 0 Å². The van der Waals surface area contributed by atoms with Gasteiger partial charge < -0.3 is 11.1 Å². The van der Waals surface area contributed by atoms with Crippen LogP contribution in [0.3, 0.4) is 0 Å². The van der Waals surface area contributed by atoms with Gasteiger partial charge in [0, 0.05) is 20.7 Å². The molecule has 0 bridgehead atoms. The first-order chi connectivity index (χ1) is 11.5. The lowest BCUT2D eigenvalue weighted by atomic mass is 10.2. The predicted molar refractivity (Wildman–Crippen MR) is 94.1 cm³/mol. The number of hydrogen-bond donors (Lipinski definition) is 2. The molecule has 0 aliphatic rings. The molecule has 3 aromatic rings. The molecule has 0 unspecified atom stereocenters. The highest BCUT2D eigenvalue weighted by Crippen LogP contribution is 2.34. The Morgan fingerprint density at radius 3 is 2.83 bits per heavy atom. The number of nitrogens with zero attached hydrogens (tertiary/aromatic N) is 2. The molecule has 0 saturated heterocycles. The van der Waals surface area contributed by atoms with Crippen molar-refractivity contribution in [2.24, 2.45) is 5.73 Å². The first kappa shape index (κ1) is 16.3. The average molecular weight is 362 g/mol. The zero-order valence-corrected chi connectivity index (χ0v) is 14.4. The third-order valence-electron chi connectivity index (χ3n) is 3.34. The van der Waals surface area contributed by atoms with Crippen molar-refractivity contribution in [2.75, 3.05) is 6.54 Å². The van der Waals surface area contributed by atoms with Crippen LogP contribution in [0.5, 0.6) is 0 Å². The quantitative estimate of drug-likeness (QED) is 0.708. The van der Waals surface area contributed by atoms with E-state index in [0.29, 0.717) is 10.2 Å². The molecule has 3 heterocycles. The second-order valence-electron chi connectivity index (χ2n) is 5.16. The van der Waals surface area contributed by atoms with E-state index in [1.54, 1.807) is 11.3 Å². The number of nitrogens with two attached hydrogens (primary N) is 1. The van der Waals surface area contributed by atoms with E-state index in [2.05, 4.69) is 10.3 Å². The molecular formula is C15H14N4O3S2. The number of thiophene rings is 2. The zero-order valence-electron chi connectivity index (χ0n) is 12.7. The maximum atomic E-state index is 12.7.